The van der Waals surface area contributed by atoms with E-state index < -0.39 is 0 Å². The molecule has 1 aliphatic carbocycles. The molecular formula is C15H30N2. The van der Waals surface area contributed by atoms with Crippen molar-refractivity contribution in [2.75, 3.05) is 19.6 Å². The minimum atomic E-state index is 0.171. The predicted octanol–water partition coefficient (Wildman–Crippen LogP) is 3.02. The topological polar surface area (TPSA) is 29.3 Å². The molecule has 1 aliphatic heterocycles. The number of nitrogens with two attached hydrogens (primary N) is 1. The molecule has 0 aromatic carbocycles. The highest BCUT2D eigenvalue weighted by molar-refractivity contribution is 4.88. The summed E-state index contributed by atoms with van der Waals surface area (Å²) < 4.78 is 0. The Bertz CT molecular complexity index is 233. The van der Waals surface area contributed by atoms with Gasteiger partial charge in [0.15, 0.2) is 0 Å². The maximum absolute atomic E-state index is 6.51. The third-order valence-electron chi connectivity index (χ3n) is 5.19. The van der Waals surface area contributed by atoms with Crippen LogP contribution in [0.15, 0.2) is 0 Å². The molecule has 0 bridgehead atoms. The van der Waals surface area contributed by atoms with Gasteiger partial charge >= 0.3 is 0 Å². The molecule has 17 heavy (non-hydrogen) atoms. The van der Waals surface area contributed by atoms with Crippen molar-refractivity contribution in [3.05, 3.63) is 0 Å². The number of hydrogen-bond acceptors (Lipinski definition) is 2. The molecule has 2 rings (SSSR count). The fourth-order valence-electron chi connectivity index (χ4n) is 3.44. The second kappa shape index (κ2) is 5.71. The van der Waals surface area contributed by atoms with E-state index in [0.29, 0.717) is 0 Å². The Morgan fingerprint density at radius 2 is 1.82 bits per heavy atom. The summed E-state index contributed by atoms with van der Waals surface area (Å²) in [6, 6.07) is 0. The van der Waals surface area contributed by atoms with E-state index in [1.54, 1.807) is 0 Å². The van der Waals surface area contributed by atoms with Crippen LogP contribution in [0.5, 0.6) is 0 Å². The van der Waals surface area contributed by atoms with E-state index in [4.69, 9.17) is 5.73 Å². The highest BCUT2D eigenvalue weighted by atomic mass is 15.1. The highest BCUT2D eigenvalue weighted by Crippen LogP contribution is 2.30. The molecule has 2 aliphatic rings. The number of nitrogens with zero attached hydrogens (tertiary/aromatic N) is 1. The summed E-state index contributed by atoms with van der Waals surface area (Å²) in [5.74, 6) is 1.77. The molecular weight excluding hydrogens is 208 g/mol. The Hall–Kier alpha value is -0.0800. The SMILES string of the molecule is CC1CCN(CCC2(N)CCCCC2)CC1C. The molecule has 2 N–H and O–H groups in total. The highest BCUT2D eigenvalue weighted by Gasteiger charge is 2.29. The maximum Gasteiger partial charge on any atom is 0.0166 e. The molecule has 2 unspecified atom stereocenters. The number of hydrogen-bond donors (Lipinski definition) is 1. The van der Waals surface area contributed by atoms with Gasteiger partial charge in [0, 0.05) is 12.1 Å². The Balaban J connectivity index is 1.74. The third-order valence-corrected chi connectivity index (χ3v) is 5.19. The van der Waals surface area contributed by atoms with Crippen molar-refractivity contribution in [1.29, 1.82) is 0 Å². The normalized spacial score (nSPS) is 34.8. The maximum atomic E-state index is 6.51. The summed E-state index contributed by atoms with van der Waals surface area (Å²) in [5.41, 5.74) is 6.68. The van der Waals surface area contributed by atoms with E-state index in [9.17, 15) is 0 Å². The van der Waals surface area contributed by atoms with Crippen LogP contribution in [-0.2, 0) is 0 Å². The van der Waals surface area contributed by atoms with Gasteiger partial charge in [-0.1, -0.05) is 33.1 Å². The van der Waals surface area contributed by atoms with Crippen LogP contribution in [0.3, 0.4) is 0 Å². The van der Waals surface area contributed by atoms with Gasteiger partial charge in [-0.05, 0) is 50.6 Å². The monoisotopic (exact) mass is 238 g/mol. The zero-order valence-corrected chi connectivity index (χ0v) is 11.8. The molecule has 2 fully saturated rings. The van der Waals surface area contributed by atoms with Gasteiger partial charge in [0.1, 0.15) is 0 Å². The van der Waals surface area contributed by atoms with Gasteiger partial charge in [0.2, 0.25) is 0 Å². The standard InChI is InChI=1S/C15H30N2/c1-13-6-10-17(12-14(13)2)11-9-15(16)7-4-3-5-8-15/h13-14H,3-12,16H2,1-2H3. The van der Waals surface area contributed by atoms with Crippen LogP contribution in [0.1, 0.15) is 58.8 Å². The Morgan fingerprint density at radius 3 is 2.47 bits per heavy atom. The smallest absolute Gasteiger partial charge is 0.0166 e. The van der Waals surface area contributed by atoms with Crippen molar-refractivity contribution >= 4 is 0 Å². The third kappa shape index (κ3) is 3.69. The summed E-state index contributed by atoms with van der Waals surface area (Å²) in [6.07, 6.45) is 9.21. The lowest BCUT2D eigenvalue weighted by Gasteiger charge is -2.39. The van der Waals surface area contributed by atoms with Gasteiger partial charge < -0.3 is 10.6 Å². The summed E-state index contributed by atoms with van der Waals surface area (Å²) in [5, 5.41) is 0. The molecule has 0 spiro atoms. The van der Waals surface area contributed by atoms with Crippen molar-refractivity contribution in [3.8, 4) is 0 Å². The first-order valence-electron chi connectivity index (χ1n) is 7.60. The Kier molecular flexibility index (Phi) is 4.48. The van der Waals surface area contributed by atoms with E-state index >= 15 is 0 Å². The molecule has 2 nitrogen and oxygen atoms in total. The van der Waals surface area contributed by atoms with Gasteiger partial charge in [-0.25, -0.2) is 0 Å². The zero-order valence-electron chi connectivity index (χ0n) is 11.8. The summed E-state index contributed by atoms with van der Waals surface area (Å²) in [6.45, 7) is 8.61. The molecule has 0 amide bonds. The van der Waals surface area contributed by atoms with E-state index in [1.807, 2.05) is 0 Å². The molecule has 0 aromatic heterocycles. The van der Waals surface area contributed by atoms with Crippen molar-refractivity contribution < 1.29 is 0 Å². The van der Waals surface area contributed by atoms with Gasteiger partial charge in [-0.3, -0.25) is 0 Å². The van der Waals surface area contributed by atoms with Crippen LogP contribution < -0.4 is 5.73 Å². The second-order valence-corrected chi connectivity index (χ2v) is 6.72. The van der Waals surface area contributed by atoms with Gasteiger partial charge in [-0.15, -0.1) is 0 Å². The minimum absolute atomic E-state index is 0.171. The average Bonchev–Trinajstić information content (AvgIpc) is 2.32. The summed E-state index contributed by atoms with van der Waals surface area (Å²) in [4.78, 5) is 2.65. The first-order valence-corrected chi connectivity index (χ1v) is 7.60. The quantitative estimate of drug-likeness (QED) is 0.819. The first-order chi connectivity index (χ1) is 8.09. The van der Waals surface area contributed by atoms with Crippen molar-refractivity contribution in [1.82, 2.24) is 4.90 Å². The summed E-state index contributed by atoms with van der Waals surface area (Å²) >= 11 is 0. The lowest BCUT2D eigenvalue weighted by atomic mass is 9.80. The number of likely N-dealkylation sites (tertiary alicyclic amines) is 1. The fraction of sp³-hybridized carbons (Fsp3) is 1.00. The van der Waals surface area contributed by atoms with Crippen molar-refractivity contribution in [3.63, 3.8) is 0 Å². The lowest BCUT2D eigenvalue weighted by Crippen LogP contribution is -2.46. The molecule has 100 valence electrons. The van der Waals surface area contributed by atoms with Gasteiger partial charge in [0.25, 0.3) is 0 Å². The van der Waals surface area contributed by atoms with Gasteiger partial charge in [0.05, 0.1) is 0 Å². The van der Waals surface area contributed by atoms with Crippen molar-refractivity contribution in [2.24, 2.45) is 17.6 Å². The Labute approximate surface area is 107 Å². The van der Waals surface area contributed by atoms with E-state index in [-0.39, 0.29) is 5.54 Å². The van der Waals surface area contributed by atoms with Gasteiger partial charge in [-0.2, -0.15) is 0 Å². The molecule has 0 aromatic rings. The molecule has 1 saturated carbocycles. The van der Waals surface area contributed by atoms with E-state index in [0.717, 1.165) is 11.8 Å². The Morgan fingerprint density at radius 1 is 1.12 bits per heavy atom. The average molecular weight is 238 g/mol. The lowest BCUT2D eigenvalue weighted by molar-refractivity contribution is 0.122. The number of piperidine rings is 1. The summed E-state index contributed by atoms with van der Waals surface area (Å²) in [7, 11) is 0. The minimum Gasteiger partial charge on any atom is -0.325 e. The van der Waals surface area contributed by atoms with Crippen LogP contribution >= 0.6 is 0 Å². The van der Waals surface area contributed by atoms with Crippen LogP contribution in [-0.4, -0.2) is 30.1 Å². The van der Waals surface area contributed by atoms with Crippen molar-refractivity contribution in [2.45, 2.75) is 64.3 Å². The van der Waals surface area contributed by atoms with Crippen LogP contribution in [0.2, 0.25) is 0 Å². The van der Waals surface area contributed by atoms with E-state index in [1.165, 1.54) is 64.6 Å². The second-order valence-electron chi connectivity index (χ2n) is 6.72. The van der Waals surface area contributed by atoms with Crippen LogP contribution in [0.4, 0.5) is 0 Å². The molecule has 2 atom stereocenters. The fourth-order valence-corrected chi connectivity index (χ4v) is 3.44. The number of rotatable bonds is 3. The predicted molar refractivity (Wildman–Crippen MR) is 74.0 cm³/mol. The zero-order chi connectivity index (χ0) is 12.3. The van der Waals surface area contributed by atoms with Crippen LogP contribution in [0.25, 0.3) is 0 Å². The molecule has 2 heteroatoms. The molecule has 0 radical (unpaired) electrons. The van der Waals surface area contributed by atoms with Crippen LogP contribution in [0, 0.1) is 11.8 Å². The first kappa shape index (κ1) is 13.4. The van der Waals surface area contributed by atoms with E-state index in [2.05, 4.69) is 18.7 Å². The largest absolute Gasteiger partial charge is 0.325 e. The molecule has 1 saturated heterocycles. The molecule has 1 heterocycles.